The second-order valence-electron chi connectivity index (χ2n) is 11.3. The van der Waals surface area contributed by atoms with E-state index < -0.39 is 31.3 Å². The zero-order chi connectivity index (χ0) is 30.1. The van der Waals surface area contributed by atoms with E-state index in [-0.39, 0.29) is 31.0 Å². The maximum atomic E-state index is 13.7. The molecule has 0 saturated heterocycles. The lowest BCUT2D eigenvalue weighted by molar-refractivity contribution is -0.137. The molecule has 222 valence electrons. The molecule has 3 heterocycles. The molecule has 0 aliphatic carbocycles. The van der Waals surface area contributed by atoms with Crippen molar-refractivity contribution in [2.75, 3.05) is 0 Å². The molecule has 0 N–H and O–H groups in total. The highest BCUT2D eigenvalue weighted by Crippen LogP contribution is 2.30. The summed E-state index contributed by atoms with van der Waals surface area (Å²) in [7, 11) is -2.12. The molecule has 9 nitrogen and oxygen atoms in total. The summed E-state index contributed by atoms with van der Waals surface area (Å²) in [6.45, 7) is 13.0. The maximum absolute atomic E-state index is 13.7. The van der Waals surface area contributed by atoms with Crippen LogP contribution in [-0.2, 0) is 37.0 Å². The summed E-state index contributed by atoms with van der Waals surface area (Å²) in [5, 5.41) is 4.37. The van der Waals surface area contributed by atoms with Crippen molar-refractivity contribution >= 4 is 19.5 Å². The molecule has 0 fully saturated rings. The van der Waals surface area contributed by atoms with Crippen LogP contribution in [-0.4, -0.2) is 36.8 Å². The van der Waals surface area contributed by atoms with Crippen molar-refractivity contribution in [2.24, 2.45) is 5.92 Å². The van der Waals surface area contributed by atoms with Crippen LogP contribution in [0.4, 0.5) is 13.2 Å². The number of alkyl halides is 3. The van der Waals surface area contributed by atoms with Gasteiger partial charge < -0.3 is 4.43 Å². The van der Waals surface area contributed by atoms with Crippen molar-refractivity contribution in [3.63, 3.8) is 0 Å². The van der Waals surface area contributed by atoms with Crippen molar-refractivity contribution in [1.82, 2.24) is 28.5 Å². The van der Waals surface area contributed by atoms with Gasteiger partial charge in [0.15, 0.2) is 19.5 Å². The van der Waals surface area contributed by atoms with Gasteiger partial charge in [-0.2, -0.15) is 18.3 Å². The molecule has 0 radical (unpaired) electrons. The van der Waals surface area contributed by atoms with Crippen LogP contribution in [0.2, 0.25) is 19.1 Å². The van der Waals surface area contributed by atoms with Crippen LogP contribution in [0.5, 0.6) is 0 Å². The van der Waals surface area contributed by atoms with Crippen LogP contribution in [0.25, 0.3) is 22.6 Å². The average Bonchev–Trinajstić information content (AvgIpc) is 3.49. The molecule has 0 spiro atoms. The topological polar surface area (TPSA) is 88.9 Å². The van der Waals surface area contributed by atoms with E-state index in [1.807, 2.05) is 13.8 Å². The Morgan fingerprint density at radius 1 is 1.07 bits per heavy atom. The second kappa shape index (κ2) is 11.8. The van der Waals surface area contributed by atoms with Crippen LogP contribution in [0.3, 0.4) is 0 Å². The smallest absolute Gasteiger partial charge is 0.400 e. The van der Waals surface area contributed by atoms with E-state index >= 15 is 0 Å². The van der Waals surface area contributed by atoms with Crippen molar-refractivity contribution in [3.05, 3.63) is 68.6 Å². The molecule has 0 aliphatic rings. The molecule has 3 aromatic heterocycles. The quantitative estimate of drug-likeness (QED) is 0.214. The third kappa shape index (κ3) is 6.56. The number of rotatable bonds is 11. The van der Waals surface area contributed by atoms with Gasteiger partial charge in [0.1, 0.15) is 12.6 Å². The fourth-order valence-electron chi connectivity index (χ4n) is 5.22. The van der Waals surface area contributed by atoms with Crippen LogP contribution < -0.4 is 11.2 Å². The Kier molecular flexibility index (Phi) is 8.78. The van der Waals surface area contributed by atoms with E-state index in [2.05, 4.69) is 32.0 Å². The maximum Gasteiger partial charge on any atom is 0.416 e. The monoisotopic (exact) mass is 590 g/mol. The predicted octanol–water partition coefficient (Wildman–Crippen LogP) is 5.56. The van der Waals surface area contributed by atoms with Gasteiger partial charge in [-0.1, -0.05) is 32.9 Å². The molecule has 4 rings (SSSR count). The van der Waals surface area contributed by atoms with Gasteiger partial charge in [0.25, 0.3) is 5.56 Å². The van der Waals surface area contributed by atoms with Crippen LogP contribution in [0.1, 0.15) is 45.2 Å². The van der Waals surface area contributed by atoms with Crippen molar-refractivity contribution in [1.29, 1.82) is 0 Å². The highest BCUT2D eigenvalue weighted by molar-refractivity contribution is 6.71. The van der Waals surface area contributed by atoms with Gasteiger partial charge in [0.2, 0.25) is 0 Å². The van der Waals surface area contributed by atoms with E-state index in [0.717, 1.165) is 18.2 Å². The summed E-state index contributed by atoms with van der Waals surface area (Å²) in [5.74, 6) is 0.842. The SMILES string of the molecule is CCCn1c(=O)c2c(nc(-c3cnn(Cc4cccc(C(F)(F)F)c4)c3)n2CO[Si](C)(C)CC(C)C)n(CC)c1=O. The molecule has 41 heavy (non-hydrogen) atoms. The van der Waals surface area contributed by atoms with Crippen molar-refractivity contribution in [3.8, 4) is 11.4 Å². The number of fused-ring (bicyclic) bond motifs is 1. The first-order valence-electron chi connectivity index (χ1n) is 13.8. The minimum absolute atomic E-state index is 0.0693. The van der Waals surface area contributed by atoms with Gasteiger partial charge in [-0.25, -0.2) is 9.78 Å². The third-order valence-corrected chi connectivity index (χ3v) is 9.56. The van der Waals surface area contributed by atoms with Crippen LogP contribution in [0.15, 0.2) is 46.2 Å². The summed E-state index contributed by atoms with van der Waals surface area (Å²) in [6.07, 6.45) is -0.602. The number of benzene rings is 1. The van der Waals surface area contributed by atoms with Gasteiger partial charge in [-0.05, 0) is 56.1 Å². The molecule has 0 bridgehead atoms. The van der Waals surface area contributed by atoms with E-state index in [1.54, 1.807) is 23.0 Å². The summed E-state index contributed by atoms with van der Waals surface area (Å²) < 4.78 is 52.0. The molecule has 0 saturated carbocycles. The molecule has 1 aromatic carbocycles. The van der Waals surface area contributed by atoms with E-state index in [9.17, 15) is 22.8 Å². The Bertz CT molecular complexity index is 1650. The number of halogens is 3. The zero-order valence-electron chi connectivity index (χ0n) is 24.3. The summed E-state index contributed by atoms with van der Waals surface area (Å²) in [6, 6.07) is 6.03. The Morgan fingerprint density at radius 3 is 2.44 bits per heavy atom. The Balaban J connectivity index is 1.83. The van der Waals surface area contributed by atoms with Crippen LogP contribution >= 0.6 is 0 Å². The second-order valence-corrected chi connectivity index (χ2v) is 15.5. The van der Waals surface area contributed by atoms with Gasteiger partial charge in [-0.3, -0.25) is 23.2 Å². The number of imidazole rings is 1. The molecule has 0 aliphatic heterocycles. The highest BCUT2D eigenvalue weighted by atomic mass is 28.4. The third-order valence-electron chi connectivity index (χ3n) is 6.85. The van der Waals surface area contributed by atoms with E-state index in [4.69, 9.17) is 9.41 Å². The van der Waals surface area contributed by atoms with Gasteiger partial charge >= 0.3 is 11.9 Å². The first-order chi connectivity index (χ1) is 19.3. The molecule has 0 atom stereocenters. The Labute approximate surface area is 237 Å². The van der Waals surface area contributed by atoms with Crippen molar-refractivity contribution < 1.29 is 17.6 Å². The average molecular weight is 591 g/mol. The molecule has 13 heteroatoms. The minimum atomic E-state index is -4.44. The normalized spacial score (nSPS) is 12.6. The Hall–Kier alpha value is -3.45. The molecule has 0 unspecified atom stereocenters. The largest absolute Gasteiger partial charge is 0.416 e. The fourth-order valence-corrected chi connectivity index (χ4v) is 7.79. The Morgan fingerprint density at radius 2 is 1.80 bits per heavy atom. The highest BCUT2D eigenvalue weighted by Gasteiger charge is 2.30. The number of aromatic nitrogens is 6. The van der Waals surface area contributed by atoms with Crippen molar-refractivity contribution in [2.45, 2.75) is 85.8 Å². The fraction of sp³-hybridized carbons (Fsp3) is 0.500. The summed E-state index contributed by atoms with van der Waals surface area (Å²) >= 11 is 0. The molecular formula is C28H37F3N6O3Si. The molecule has 0 amide bonds. The number of aryl methyl sites for hydroxylation is 1. The van der Waals surface area contributed by atoms with Gasteiger partial charge in [0, 0.05) is 19.3 Å². The number of nitrogens with zero attached hydrogens (tertiary/aromatic N) is 6. The van der Waals surface area contributed by atoms with E-state index in [1.165, 1.54) is 19.9 Å². The first-order valence-corrected chi connectivity index (χ1v) is 16.9. The molecule has 4 aromatic rings. The molecular weight excluding hydrogens is 553 g/mol. The predicted molar refractivity (Wildman–Crippen MR) is 154 cm³/mol. The summed E-state index contributed by atoms with van der Waals surface area (Å²) in [5.41, 5.74) is -0.0448. The lowest BCUT2D eigenvalue weighted by Crippen LogP contribution is -2.40. The van der Waals surface area contributed by atoms with Gasteiger partial charge in [0.05, 0.1) is 23.9 Å². The lowest BCUT2D eigenvalue weighted by Gasteiger charge is -2.25. The zero-order valence-corrected chi connectivity index (χ0v) is 25.3. The first kappa shape index (κ1) is 30.5. The van der Waals surface area contributed by atoms with Gasteiger partial charge in [-0.15, -0.1) is 0 Å². The number of hydrogen-bond donors (Lipinski definition) is 0. The van der Waals surface area contributed by atoms with E-state index in [0.29, 0.717) is 35.8 Å². The number of hydrogen-bond acceptors (Lipinski definition) is 5. The standard InChI is InChI=1S/C28H37F3N6O3Si/c1-7-12-36-26(38)23-25(35(8-2)27(36)39)33-24(37(23)18-40-41(5,6)17-19(3)4)21-14-32-34(16-21)15-20-10-9-11-22(13-20)28(29,30)31/h9-11,13-14,16,19H,7-8,12,15,17-18H2,1-6H3. The minimum Gasteiger partial charge on any atom is -0.400 e. The lowest BCUT2D eigenvalue weighted by atomic mass is 10.1. The van der Waals surface area contributed by atoms with Crippen LogP contribution in [0, 0.1) is 5.92 Å². The summed E-state index contributed by atoms with van der Waals surface area (Å²) in [4.78, 5) is 31.6.